The maximum absolute atomic E-state index is 5.17. The van der Waals surface area contributed by atoms with E-state index in [0.717, 1.165) is 28.7 Å². The molecular formula is C24H19BrN2. The molecule has 2 nitrogen and oxygen atoms in total. The van der Waals surface area contributed by atoms with Crippen LogP contribution in [-0.2, 0) is 6.42 Å². The molecule has 1 unspecified atom stereocenters. The predicted molar refractivity (Wildman–Crippen MR) is 115 cm³/mol. The van der Waals surface area contributed by atoms with Crippen LogP contribution in [0.2, 0.25) is 0 Å². The lowest BCUT2D eigenvalue weighted by Crippen LogP contribution is -2.32. The molecule has 0 saturated carbocycles. The van der Waals surface area contributed by atoms with Gasteiger partial charge < -0.3 is 5.32 Å². The summed E-state index contributed by atoms with van der Waals surface area (Å²) in [6.45, 7) is 0. The average molecular weight is 415 g/mol. The van der Waals surface area contributed by atoms with E-state index in [-0.39, 0.29) is 6.04 Å². The molecule has 2 aliphatic rings. The minimum Gasteiger partial charge on any atom is -0.343 e. The van der Waals surface area contributed by atoms with E-state index in [9.17, 15) is 0 Å². The Hall–Kier alpha value is -2.65. The van der Waals surface area contributed by atoms with Gasteiger partial charge in [0.15, 0.2) is 0 Å². The second-order valence-electron chi connectivity index (χ2n) is 6.97. The molecule has 132 valence electrons. The van der Waals surface area contributed by atoms with Gasteiger partial charge in [0.1, 0.15) is 11.9 Å². The van der Waals surface area contributed by atoms with E-state index < -0.39 is 0 Å². The first kappa shape index (κ1) is 16.5. The second kappa shape index (κ2) is 6.82. The molecule has 0 fully saturated rings. The van der Waals surface area contributed by atoms with Gasteiger partial charge in [0.25, 0.3) is 0 Å². The first-order valence-electron chi connectivity index (χ1n) is 9.26. The number of benzene rings is 3. The van der Waals surface area contributed by atoms with Gasteiger partial charge in [-0.05, 0) is 41.7 Å². The van der Waals surface area contributed by atoms with Gasteiger partial charge in [0, 0.05) is 21.3 Å². The number of aryl methyl sites for hydroxylation is 1. The van der Waals surface area contributed by atoms with E-state index in [2.05, 4.69) is 100 Å². The van der Waals surface area contributed by atoms with E-state index >= 15 is 0 Å². The summed E-state index contributed by atoms with van der Waals surface area (Å²) in [7, 11) is 0. The Balaban J connectivity index is 1.66. The summed E-state index contributed by atoms with van der Waals surface area (Å²) in [6.07, 6.45) is 2.09. The Bertz CT molecular complexity index is 1050. The van der Waals surface area contributed by atoms with Crippen molar-refractivity contribution in [2.45, 2.75) is 18.9 Å². The van der Waals surface area contributed by atoms with E-state index in [4.69, 9.17) is 4.99 Å². The molecular weight excluding hydrogens is 396 g/mol. The monoisotopic (exact) mass is 414 g/mol. The number of nitrogens with one attached hydrogen (secondary N) is 1. The predicted octanol–water partition coefficient (Wildman–Crippen LogP) is 5.90. The van der Waals surface area contributed by atoms with Gasteiger partial charge in [-0.3, -0.25) is 4.99 Å². The molecule has 0 amide bonds. The zero-order chi connectivity index (χ0) is 18.2. The number of hydrogen-bond donors (Lipinski definition) is 1. The molecule has 0 spiro atoms. The van der Waals surface area contributed by atoms with Crippen LogP contribution < -0.4 is 5.32 Å². The second-order valence-corrected chi connectivity index (χ2v) is 7.89. The highest BCUT2D eigenvalue weighted by Gasteiger charge is 2.30. The van der Waals surface area contributed by atoms with Crippen LogP contribution in [0.25, 0.3) is 5.57 Å². The molecule has 0 saturated heterocycles. The molecule has 1 aliphatic carbocycles. The van der Waals surface area contributed by atoms with Crippen LogP contribution in [0.1, 0.15) is 34.7 Å². The number of halogens is 1. The van der Waals surface area contributed by atoms with Gasteiger partial charge in [0.2, 0.25) is 0 Å². The van der Waals surface area contributed by atoms with Crippen LogP contribution >= 0.6 is 15.9 Å². The molecule has 3 heteroatoms. The third kappa shape index (κ3) is 3.02. The summed E-state index contributed by atoms with van der Waals surface area (Å²) >= 11 is 3.52. The van der Waals surface area contributed by atoms with Crippen molar-refractivity contribution in [2.24, 2.45) is 4.99 Å². The minimum absolute atomic E-state index is 0.0162. The maximum Gasteiger partial charge on any atom is 0.133 e. The van der Waals surface area contributed by atoms with Gasteiger partial charge in [-0.15, -0.1) is 0 Å². The van der Waals surface area contributed by atoms with Gasteiger partial charge in [0.05, 0.1) is 0 Å². The first-order valence-corrected chi connectivity index (χ1v) is 10.1. The normalized spacial score (nSPS) is 18.3. The highest BCUT2D eigenvalue weighted by molar-refractivity contribution is 9.10. The fourth-order valence-electron chi connectivity index (χ4n) is 4.00. The van der Waals surface area contributed by atoms with Crippen molar-refractivity contribution in [3.8, 4) is 0 Å². The number of nitrogens with zero attached hydrogens (tertiary/aromatic N) is 1. The molecule has 3 aromatic carbocycles. The van der Waals surface area contributed by atoms with E-state index in [0.29, 0.717) is 0 Å². The number of hydrogen-bond acceptors (Lipinski definition) is 2. The van der Waals surface area contributed by atoms with Gasteiger partial charge in [-0.1, -0.05) is 82.7 Å². The Morgan fingerprint density at radius 2 is 1.56 bits per heavy atom. The van der Waals surface area contributed by atoms with Gasteiger partial charge in [-0.25, -0.2) is 0 Å². The summed E-state index contributed by atoms with van der Waals surface area (Å²) < 4.78 is 1.08. The lowest BCUT2D eigenvalue weighted by molar-refractivity contribution is 0.785. The molecule has 3 aromatic rings. The van der Waals surface area contributed by atoms with Gasteiger partial charge >= 0.3 is 0 Å². The van der Waals surface area contributed by atoms with E-state index in [1.807, 2.05) is 0 Å². The van der Waals surface area contributed by atoms with Crippen LogP contribution in [-0.4, -0.2) is 5.84 Å². The van der Waals surface area contributed by atoms with Crippen LogP contribution in [0.15, 0.2) is 94.0 Å². The smallest absolute Gasteiger partial charge is 0.133 e. The average Bonchev–Trinajstić information content (AvgIpc) is 2.74. The van der Waals surface area contributed by atoms with Crippen molar-refractivity contribution >= 4 is 27.3 Å². The Morgan fingerprint density at radius 3 is 2.37 bits per heavy atom. The Morgan fingerprint density at radius 1 is 0.815 bits per heavy atom. The SMILES string of the molecule is Brc1ccc(C2=NC(c3ccccc3)C3=C(CCc4ccccc43)N2)cc1. The fourth-order valence-corrected chi connectivity index (χ4v) is 4.26. The summed E-state index contributed by atoms with van der Waals surface area (Å²) in [6, 6.07) is 27.7. The molecule has 0 aromatic heterocycles. The van der Waals surface area contributed by atoms with Crippen molar-refractivity contribution in [1.29, 1.82) is 0 Å². The van der Waals surface area contributed by atoms with E-state index in [1.165, 1.54) is 28.0 Å². The summed E-state index contributed by atoms with van der Waals surface area (Å²) in [5, 5.41) is 3.65. The number of aliphatic imine (C=N–C) groups is 1. The lowest BCUT2D eigenvalue weighted by Gasteiger charge is -2.33. The Kier molecular flexibility index (Phi) is 4.17. The van der Waals surface area contributed by atoms with Crippen LogP contribution in [0.3, 0.4) is 0 Å². The number of fused-ring (bicyclic) bond motifs is 2. The minimum atomic E-state index is 0.0162. The fraction of sp³-hybridized carbons (Fsp3) is 0.125. The Labute approximate surface area is 167 Å². The summed E-state index contributed by atoms with van der Waals surface area (Å²) in [4.78, 5) is 5.17. The van der Waals surface area contributed by atoms with Crippen molar-refractivity contribution in [3.63, 3.8) is 0 Å². The molecule has 0 bridgehead atoms. The first-order chi connectivity index (χ1) is 13.3. The molecule has 1 heterocycles. The number of allylic oxidation sites excluding steroid dienone is 1. The highest BCUT2D eigenvalue weighted by Crippen LogP contribution is 2.43. The molecule has 5 rings (SSSR count). The van der Waals surface area contributed by atoms with Gasteiger partial charge in [-0.2, -0.15) is 0 Å². The number of amidine groups is 1. The molecule has 27 heavy (non-hydrogen) atoms. The number of rotatable bonds is 2. The third-order valence-corrected chi connectivity index (χ3v) is 5.84. The van der Waals surface area contributed by atoms with Crippen LogP contribution in [0.5, 0.6) is 0 Å². The summed E-state index contributed by atoms with van der Waals surface area (Å²) in [5.41, 5.74) is 7.72. The molecule has 1 N–H and O–H groups in total. The third-order valence-electron chi connectivity index (χ3n) is 5.31. The quantitative estimate of drug-likeness (QED) is 0.554. The highest BCUT2D eigenvalue weighted by atomic mass is 79.9. The molecule has 1 atom stereocenters. The summed E-state index contributed by atoms with van der Waals surface area (Å²) in [5.74, 6) is 0.953. The molecule has 1 aliphatic heterocycles. The lowest BCUT2D eigenvalue weighted by atomic mass is 9.82. The van der Waals surface area contributed by atoms with Crippen LogP contribution in [0.4, 0.5) is 0 Å². The largest absolute Gasteiger partial charge is 0.343 e. The van der Waals surface area contributed by atoms with E-state index in [1.54, 1.807) is 0 Å². The van der Waals surface area contributed by atoms with Crippen molar-refractivity contribution in [3.05, 3.63) is 111 Å². The maximum atomic E-state index is 5.17. The molecule has 0 radical (unpaired) electrons. The van der Waals surface area contributed by atoms with Crippen molar-refractivity contribution in [1.82, 2.24) is 5.32 Å². The topological polar surface area (TPSA) is 24.4 Å². The zero-order valence-electron chi connectivity index (χ0n) is 14.8. The van der Waals surface area contributed by atoms with Crippen molar-refractivity contribution < 1.29 is 0 Å². The standard InChI is InChI=1S/C24H19BrN2/c25-19-13-10-18(11-14-19)24-26-21-15-12-16-6-4-5-9-20(16)22(21)23(27-24)17-7-2-1-3-8-17/h1-11,13-14,23H,12,15H2,(H,26,27). The van der Waals surface area contributed by atoms with Crippen LogP contribution in [0, 0.1) is 0 Å². The van der Waals surface area contributed by atoms with Crippen molar-refractivity contribution in [2.75, 3.05) is 0 Å². The zero-order valence-corrected chi connectivity index (χ0v) is 16.4.